The lowest BCUT2D eigenvalue weighted by Gasteiger charge is -2.24. The molecule has 0 bridgehead atoms. The summed E-state index contributed by atoms with van der Waals surface area (Å²) in [6.07, 6.45) is 0.883. The summed E-state index contributed by atoms with van der Waals surface area (Å²) in [7, 11) is 0. The average Bonchev–Trinajstić information content (AvgIpc) is 3.14. The molecule has 3 rings (SSSR count). The van der Waals surface area contributed by atoms with Crippen LogP contribution in [0.2, 0.25) is 0 Å². The SMILES string of the molecule is Cc1cc(SCC(C)(C)Cc2ccc(C(=O)O)s2)cc(C)c1-c1ccc(C(C)(C)C)cc1. The molecule has 0 spiro atoms. The molecule has 0 unspecified atom stereocenters. The standard InChI is InChI=1S/C28H34O2S2/c1-18-14-23(31-17-28(6,7)16-22-12-13-24(32-22)26(29)30)15-19(2)25(18)20-8-10-21(11-9-20)27(3,4)5/h8-15H,16-17H2,1-7H3,(H,29,30). The van der Waals surface area contributed by atoms with E-state index in [1.165, 1.54) is 44.0 Å². The third-order valence-electron chi connectivity index (χ3n) is 5.70. The van der Waals surface area contributed by atoms with Gasteiger partial charge in [0.1, 0.15) is 4.88 Å². The van der Waals surface area contributed by atoms with E-state index in [4.69, 9.17) is 5.11 Å². The van der Waals surface area contributed by atoms with Crippen LogP contribution in [0, 0.1) is 19.3 Å². The van der Waals surface area contributed by atoms with Gasteiger partial charge in [0.2, 0.25) is 0 Å². The largest absolute Gasteiger partial charge is 0.477 e. The summed E-state index contributed by atoms with van der Waals surface area (Å²) < 4.78 is 0. The van der Waals surface area contributed by atoms with Gasteiger partial charge in [0.25, 0.3) is 0 Å². The zero-order valence-corrected chi connectivity index (χ0v) is 21.8. The third-order valence-corrected chi connectivity index (χ3v) is 8.27. The number of thioether (sulfide) groups is 1. The van der Waals surface area contributed by atoms with Crippen molar-refractivity contribution in [3.05, 3.63) is 75.0 Å². The van der Waals surface area contributed by atoms with Gasteiger partial charge >= 0.3 is 5.97 Å². The Labute approximate surface area is 201 Å². The Balaban J connectivity index is 1.72. The fourth-order valence-electron chi connectivity index (χ4n) is 3.99. The lowest BCUT2D eigenvalue weighted by atomic mass is 9.85. The molecular formula is C28H34O2S2. The smallest absolute Gasteiger partial charge is 0.345 e. The zero-order chi connectivity index (χ0) is 23.7. The molecule has 4 heteroatoms. The summed E-state index contributed by atoms with van der Waals surface area (Å²) in [5.74, 6) is 0.138. The second-order valence-corrected chi connectivity index (χ2v) is 12.7. The monoisotopic (exact) mass is 466 g/mol. The Morgan fingerprint density at radius 3 is 2.03 bits per heavy atom. The van der Waals surface area contributed by atoms with Crippen molar-refractivity contribution in [3.63, 3.8) is 0 Å². The van der Waals surface area contributed by atoms with Gasteiger partial charge in [-0.1, -0.05) is 58.9 Å². The van der Waals surface area contributed by atoms with E-state index in [2.05, 4.69) is 84.9 Å². The van der Waals surface area contributed by atoms with E-state index in [0.29, 0.717) is 4.88 Å². The first-order chi connectivity index (χ1) is 14.9. The van der Waals surface area contributed by atoms with Gasteiger partial charge < -0.3 is 5.11 Å². The number of thiophene rings is 1. The predicted molar refractivity (Wildman–Crippen MR) is 140 cm³/mol. The quantitative estimate of drug-likeness (QED) is 0.355. The molecule has 0 saturated carbocycles. The topological polar surface area (TPSA) is 37.3 Å². The van der Waals surface area contributed by atoms with Crippen molar-refractivity contribution < 1.29 is 9.90 Å². The van der Waals surface area contributed by atoms with Crippen LogP contribution in [-0.2, 0) is 11.8 Å². The van der Waals surface area contributed by atoms with Crippen molar-refractivity contribution in [1.29, 1.82) is 0 Å². The van der Waals surface area contributed by atoms with Crippen LogP contribution < -0.4 is 0 Å². The number of carboxylic acid groups (broad SMARTS) is 1. The summed E-state index contributed by atoms with van der Waals surface area (Å²) in [5, 5.41) is 9.16. The molecule has 0 atom stereocenters. The van der Waals surface area contributed by atoms with Crippen LogP contribution in [0.15, 0.2) is 53.4 Å². The van der Waals surface area contributed by atoms with Gasteiger partial charge in [-0.25, -0.2) is 4.79 Å². The van der Waals surface area contributed by atoms with Crippen LogP contribution in [0.25, 0.3) is 11.1 Å². The molecule has 0 aliphatic heterocycles. The lowest BCUT2D eigenvalue weighted by Crippen LogP contribution is -2.17. The molecule has 32 heavy (non-hydrogen) atoms. The van der Waals surface area contributed by atoms with Gasteiger partial charge in [0.05, 0.1) is 0 Å². The number of hydrogen-bond acceptors (Lipinski definition) is 3. The molecule has 1 aromatic heterocycles. The zero-order valence-electron chi connectivity index (χ0n) is 20.2. The van der Waals surface area contributed by atoms with Crippen LogP contribution in [0.1, 0.15) is 65.9 Å². The third kappa shape index (κ3) is 6.05. The van der Waals surface area contributed by atoms with E-state index in [1.54, 1.807) is 6.07 Å². The molecule has 0 amide bonds. The van der Waals surface area contributed by atoms with Gasteiger partial charge in [-0.2, -0.15) is 0 Å². The first-order valence-corrected chi connectivity index (χ1v) is 12.8. The van der Waals surface area contributed by atoms with Crippen molar-refractivity contribution in [2.75, 3.05) is 5.75 Å². The summed E-state index contributed by atoms with van der Waals surface area (Å²) in [6, 6.07) is 17.3. The van der Waals surface area contributed by atoms with E-state index >= 15 is 0 Å². The molecule has 1 heterocycles. The maximum Gasteiger partial charge on any atom is 0.345 e. The lowest BCUT2D eigenvalue weighted by molar-refractivity contribution is 0.0702. The van der Waals surface area contributed by atoms with E-state index in [1.807, 2.05) is 17.8 Å². The molecule has 0 aliphatic carbocycles. The van der Waals surface area contributed by atoms with Crippen LogP contribution in [0.5, 0.6) is 0 Å². The molecule has 0 fully saturated rings. The Hall–Kier alpha value is -2.04. The van der Waals surface area contributed by atoms with E-state index in [0.717, 1.165) is 17.1 Å². The Morgan fingerprint density at radius 2 is 1.53 bits per heavy atom. The maximum absolute atomic E-state index is 11.2. The Bertz CT molecular complexity index is 1080. The van der Waals surface area contributed by atoms with Crippen molar-refractivity contribution >= 4 is 29.1 Å². The van der Waals surface area contributed by atoms with Gasteiger partial charge in [-0.3, -0.25) is 0 Å². The van der Waals surface area contributed by atoms with E-state index in [9.17, 15) is 4.79 Å². The number of hydrogen-bond donors (Lipinski definition) is 1. The fourth-order valence-corrected chi connectivity index (χ4v) is 6.27. The summed E-state index contributed by atoms with van der Waals surface area (Å²) in [5.41, 5.74) is 6.80. The minimum absolute atomic E-state index is 0.0779. The molecule has 2 nitrogen and oxygen atoms in total. The summed E-state index contributed by atoms with van der Waals surface area (Å²) >= 11 is 3.27. The number of carbonyl (C=O) groups is 1. The van der Waals surface area contributed by atoms with E-state index < -0.39 is 5.97 Å². The van der Waals surface area contributed by atoms with Gasteiger partial charge in [-0.05, 0) is 83.2 Å². The first kappa shape index (κ1) is 24.6. The first-order valence-electron chi connectivity index (χ1n) is 11.0. The highest BCUT2D eigenvalue weighted by Crippen LogP contribution is 2.36. The normalized spacial score (nSPS) is 12.2. The number of rotatable bonds is 7. The van der Waals surface area contributed by atoms with Crippen LogP contribution in [0.3, 0.4) is 0 Å². The van der Waals surface area contributed by atoms with Gasteiger partial charge in [0, 0.05) is 15.5 Å². The average molecular weight is 467 g/mol. The highest BCUT2D eigenvalue weighted by atomic mass is 32.2. The molecule has 0 aliphatic rings. The second-order valence-electron chi connectivity index (χ2n) is 10.5. The summed E-state index contributed by atoms with van der Waals surface area (Å²) in [6.45, 7) is 15.7. The van der Waals surface area contributed by atoms with Crippen LogP contribution in [-0.4, -0.2) is 16.8 Å². The van der Waals surface area contributed by atoms with Crippen LogP contribution in [0.4, 0.5) is 0 Å². The van der Waals surface area contributed by atoms with Crippen molar-refractivity contribution in [2.24, 2.45) is 5.41 Å². The molecule has 2 aromatic carbocycles. The molecule has 3 aromatic rings. The maximum atomic E-state index is 11.2. The Morgan fingerprint density at radius 1 is 0.938 bits per heavy atom. The van der Waals surface area contributed by atoms with Crippen molar-refractivity contribution in [1.82, 2.24) is 0 Å². The number of aromatic carboxylic acids is 1. The van der Waals surface area contributed by atoms with Gasteiger partial charge in [-0.15, -0.1) is 23.1 Å². The van der Waals surface area contributed by atoms with E-state index in [-0.39, 0.29) is 10.8 Å². The molecule has 1 N–H and O–H groups in total. The highest BCUT2D eigenvalue weighted by Gasteiger charge is 2.21. The minimum atomic E-state index is -0.840. The highest BCUT2D eigenvalue weighted by molar-refractivity contribution is 7.99. The Kier molecular flexibility index (Phi) is 7.26. The molecule has 170 valence electrons. The van der Waals surface area contributed by atoms with Crippen LogP contribution >= 0.6 is 23.1 Å². The summed E-state index contributed by atoms with van der Waals surface area (Å²) in [4.78, 5) is 14.0. The van der Waals surface area contributed by atoms with Gasteiger partial charge in [0.15, 0.2) is 0 Å². The second kappa shape index (κ2) is 9.44. The number of aryl methyl sites for hydroxylation is 2. The molecule has 0 saturated heterocycles. The van der Waals surface area contributed by atoms with Crippen molar-refractivity contribution in [2.45, 2.75) is 65.2 Å². The molecule has 0 radical (unpaired) electrons. The number of carboxylic acids is 1. The minimum Gasteiger partial charge on any atom is -0.477 e. The number of benzene rings is 2. The fraction of sp³-hybridized carbons (Fsp3) is 0.393. The predicted octanol–water partition coefficient (Wildman–Crippen LogP) is 8.39. The molecular weight excluding hydrogens is 432 g/mol. The van der Waals surface area contributed by atoms with Crippen molar-refractivity contribution in [3.8, 4) is 11.1 Å².